The number of hydrogen-bond acceptors (Lipinski definition) is 3. The lowest BCUT2D eigenvalue weighted by Crippen LogP contribution is -2.44. The zero-order chi connectivity index (χ0) is 17.9. The summed E-state index contributed by atoms with van der Waals surface area (Å²) in [6.45, 7) is 8.62. The summed E-state index contributed by atoms with van der Waals surface area (Å²) in [5, 5.41) is 3.06. The number of carbonyl (C=O) groups is 1. The highest BCUT2D eigenvalue weighted by molar-refractivity contribution is 7.89. The average Bonchev–Trinajstić information content (AvgIpc) is 2.56. The number of carbonyl (C=O) groups excluding carboxylic acids is 1. The Morgan fingerprint density at radius 3 is 2.71 bits per heavy atom. The van der Waals surface area contributed by atoms with Crippen LogP contribution in [0.15, 0.2) is 18.2 Å². The lowest BCUT2D eigenvalue weighted by molar-refractivity contribution is -0.120. The second-order valence-corrected chi connectivity index (χ2v) is 9.04. The van der Waals surface area contributed by atoms with E-state index in [1.54, 1.807) is 6.92 Å². The molecule has 0 aromatic heterocycles. The van der Waals surface area contributed by atoms with Crippen molar-refractivity contribution >= 4 is 21.6 Å². The Hall–Kier alpha value is -1.40. The molecule has 24 heavy (non-hydrogen) atoms. The van der Waals surface area contributed by atoms with Gasteiger partial charge in [0.05, 0.1) is 11.7 Å². The molecule has 1 N–H and O–H groups in total. The fraction of sp³-hybridized carbons (Fsp3) is 0.611. The lowest BCUT2D eigenvalue weighted by atomic mass is 9.95. The summed E-state index contributed by atoms with van der Waals surface area (Å²) in [7, 11) is -3.24. The Morgan fingerprint density at radius 1 is 1.38 bits per heavy atom. The first-order valence-electron chi connectivity index (χ1n) is 8.64. The number of nitrogens with one attached hydrogen (secondary N) is 1. The summed E-state index contributed by atoms with van der Waals surface area (Å²) >= 11 is 0. The van der Waals surface area contributed by atoms with Crippen LogP contribution < -0.4 is 5.32 Å². The zero-order valence-corrected chi connectivity index (χ0v) is 15.8. The van der Waals surface area contributed by atoms with E-state index in [1.165, 1.54) is 4.31 Å². The molecule has 0 aliphatic carbocycles. The number of benzene rings is 1. The van der Waals surface area contributed by atoms with Crippen LogP contribution in [-0.2, 0) is 14.8 Å². The molecule has 1 aliphatic rings. The smallest absolute Gasteiger partial charge is 0.228 e. The first-order valence-corrected chi connectivity index (χ1v) is 10.2. The van der Waals surface area contributed by atoms with Crippen LogP contribution in [0.2, 0.25) is 0 Å². The van der Waals surface area contributed by atoms with Gasteiger partial charge in [0.1, 0.15) is 0 Å². The zero-order valence-electron chi connectivity index (χ0n) is 15.0. The van der Waals surface area contributed by atoms with Crippen LogP contribution in [0, 0.1) is 12.8 Å². The molecule has 2 rings (SSSR count). The molecule has 1 amide bonds. The Kier molecular flexibility index (Phi) is 6.04. The third kappa shape index (κ3) is 4.16. The summed E-state index contributed by atoms with van der Waals surface area (Å²) in [5.74, 6) is 0.0156. The van der Waals surface area contributed by atoms with Crippen LogP contribution in [0.4, 0.5) is 5.69 Å². The Balaban J connectivity index is 2.16. The molecular formula is C18H28N2O3S. The van der Waals surface area contributed by atoms with Gasteiger partial charge in [0, 0.05) is 18.8 Å². The van der Waals surface area contributed by atoms with Gasteiger partial charge in [0.15, 0.2) is 0 Å². The molecule has 1 heterocycles. The predicted octanol–water partition coefficient (Wildman–Crippen LogP) is 3.12. The molecule has 1 atom stereocenters. The molecule has 0 unspecified atom stereocenters. The molecule has 1 aromatic carbocycles. The molecule has 0 radical (unpaired) electrons. The van der Waals surface area contributed by atoms with Crippen LogP contribution in [-0.4, -0.2) is 37.5 Å². The number of para-hydroxylation sites is 1. The van der Waals surface area contributed by atoms with Gasteiger partial charge in [-0.3, -0.25) is 4.79 Å². The summed E-state index contributed by atoms with van der Waals surface area (Å²) in [5.41, 5.74) is 3.01. The van der Waals surface area contributed by atoms with Gasteiger partial charge < -0.3 is 5.32 Å². The van der Waals surface area contributed by atoms with E-state index in [0.717, 1.165) is 29.7 Å². The predicted molar refractivity (Wildman–Crippen MR) is 97.7 cm³/mol. The second kappa shape index (κ2) is 7.66. The van der Waals surface area contributed by atoms with E-state index >= 15 is 0 Å². The van der Waals surface area contributed by atoms with Gasteiger partial charge in [-0.25, -0.2) is 12.7 Å². The highest BCUT2D eigenvalue weighted by Crippen LogP contribution is 2.29. The van der Waals surface area contributed by atoms with Crippen molar-refractivity contribution in [3.05, 3.63) is 29.3 Å². The Labute approximate surface area is 145 Å². The van der Waals surface area contributed by atoms with Crippen LogP contribution in [0.3, 0.4) is 0 Å². The van der Waals surface area contributed by atoms with Gasteiger partial charge in [0.2, 0.25) is 15.9 Å². The van der Waals surface area contributed by atoms with Gasteiger partial charge in [0.25, 0.3) is 0 Å². The second-order valence-electron chi connectivity index (χ2n) is 6.78. The Bertz CT molecular complexity index is 698. The van der Waals surface area contributed by atoms with E-state index < -0.39 is 10.0 Å². The highest BCUT2D eigenvalue weighted by Gasteiger charge is 2.31. The standard InChI is InChI=1S/C18H28N2O3S/c1-5-24(22,23)20-11-7-9-15(12-20)18(21)19-17-14(4)8-6-10-16(17)13(2)3/h6,8,10,13,15H,5,7,9,11-12H2,1-4H3,(H,19,21)/t15-/m0/s1. The first-order chi connectivity index (χ1) is 11.3. The van der Waals surface area contributed by atoms with Gasteiger partial charge in [-0.2, -0.15) is 0 Å². The molecule has 0 saturated carbocycles. The number of piperidine rings is 1. The van der Waals surface area contributed by atoms with Crippen LogP contribution in [0.1, 0.15) is 50.7 Å². The molecule has 6 heteroatoms. The first kappa shape index (κ1) is 18.9. The molecule has 1 fully saturated rings. The van der Waals surface area contributed by atoms with Crippen molar-refractivity contribution in [3.63, 3.8) is 0 Å². The summed E-state index contributed by atoms with van der Waals surface area (Å²) in [6, 6.07) is 6.01. The molecular weight excluding hydrogens is 324 g/mol. The maximum atomic E-state index is 12.7. The lowest BCUT2D eigenvalue weighted by Gasteiger charge is -2.31. The number of rotatable bonds is 5. The Morgan fingerprint density at radius 2 is 2.08 bits per heavy atom. The minimum atomic E-state index is -3.24. The van der Waals surface area contributed by atoms with Crippen molar-refractivity contribution in [2.45, 2.75) is 46.5 Å². The van der Waals surface area contributed by atoms with E-state index in [2.05, 4.69) is 19.2 Å². The van der Waals surface area contributed by atoms with Crippen LogP contribution >= 0.6 is 0 Å². The third-order valence-electron chi connectivity index (χ3n) is 4.69. The average molecular weight is 353 g/mol. The topological polar surface area (TPSA) is 66.5 Å². The molecule has 0 bridgehead atoms. The van der Waals surface area contributed by atoms with E-state index in [1.807, 2.05) is 25.1 Å². The van der Waals surface area contributed by atoms with Crippen molar-refractivity contribution in [2.75, 3.05) is 24.2 Å². The number of anilines is 1. The highest BCUT2D eigenvalue weighted by atomic mass is 32.2. The molecule has 0 spiro atoms. The number of amides is 1. The summed E-state index contributed by atoms with van der Waals surface area (Å²) < 4.78 is 25.6. The van der Waals surface area contributed by atoms with Crippen molar-refractivity contribution in [2.24, 2.45) is 5.92 Å². The SMILES string of the molecule is CCS(=O)(=O)N1CCC[C@H](C(=O)Nc2c(C)cccc2C(C)C)C1. The van der Waals surface area contributed by atoms with Gasteiger partial charge in [-0.1, -0.05) is 32.0 Å². The van der Waals surface area contributed by atoms with E-state index in [9.17, 15) is 13.2 Å². The number of aryl methyl sites for hydroxylation is 1. The van der Waals surface area contributed by atoms with Gasteiger partial charge in [-0.05, 0) is 43.7 Å². The van der Waals surface area contributed by atoms with Crippen LogP contribution in [0.25, 0.3) is 0 Å². The normalized spacial score (nSPS) is 19.5. The van der Waals surface area contributed by atoms with Gasteiger partial charge in [-0.15, -0.1) is 0 Å². The molecule has 134 valence electrons. The van der Waals surface area contributed by atoms with E-state index in [-0.39, 0.29) is 24.1 Å². The summed E-state index contributed by atoms with van der Waals surface area (Å²) in [6.07, 6.45) is 1.45. The minimum absolute atomic E-state index is 0.0800. The maximum Gasteiger partial charge on any atom is 0.228 e. The fourth-order valence-corrected chi connectivity index (χ4v) is 4.34. The maximum absolute atomic E-state index is 12.7. The minimum Gasteiger partial charge on any atom is -0.325 e. The van der Waals surface area contributed by atoms with Gasteiger partial charge >= 0.3 is 0 Å². The van der Waals surface area contributed by atoms with E-state index in [0.29, 0.717) is 12.5 Å². The quantitative estimate of drug-likeness (QED) is 0.885. The van der Waals surface area contributed by atoms with Crippen molar-refractivity contribution in [1.82, 2.24) is 4.31 Å². The number of nitrogens with zero attached hydrogens (tertiary/aromatic N) is 1. The van der Waals surface area contributed by atoms with Crippen molar-refractivity contribution < 1.29 is 13.2 Å². The summed E-state index contributed by atoms with van der Waals surface area (Å²) in [4.78, 5) is 12.7. The third-order valence-corrected chi connectivity index (χ3v) is 6.54. The molecule has 5 nitrogen and oxygen atoms in total. The molecule has 1 aromatic rings. The molecule has 1 aliphatic heterocycles. The van der Waals surface area contributed by atoms with E-state index in [4.69, 9.17) is 0 Å². The van der Waals surface area contributed by atoms with Crippen molar-refractivity contribution in [3.8, 4) is 0 Å². The van der Waals surface area contributed by atoms with Crippen LogP contribution in [0.5, 0.6) is 0 Å². The monoisotopic (exact) mass is 352 g/mol. The number of sulfonamides is 1. The fourth-order valence-electron chi connectivity index (χ4n) is 3.16. The number of hydrogen-bond donors (Lipinski definition) is 1. The largest absolute Gasteiger partial charge is 0.325 e. The van der Waals surface area contributed by atoms with Crippen molar-refractivity contribution in [1.29, 1.82) is 0 Å². The molecule has 1 saturated heterocycles.